The number of Topliss-reactive ketones (excluding diaryl/α,β-unsaturated/α-hetero) is 1. The lowest BCUT2D eigenvalue weighted by Gasteiger charge is -2.22. The van der Waals surface area contributed by atoms with E-state index in [1.807, 2.05) is 27.7 Å². The van der Waals surface area contributed by atoms with E-state index in [0.717, 1.165) is 11.1 Å². The van der Waals surface area contributed by atoms with Gasteiger partial charge in [0.25, 0.3) is 0 Å². The molecule has 0 aliphatic rings. The van der Waals surface area contributed by atoms with Crippen LogP contribution in [-0.4, -0.2) is 17.4 Å². The number of carbonyl (C=O) groups is 1. The van der Waals surface area contributed by atoms with Crippen LogP contribution in [0.2, 0.25) is 0 Å². The van der Waals surface area contributed by atoms with Crippen LogP contribution in [0.15, 0.2) is 12.1 Å². The van der Waals surface area contributed by atoms with Gasteiger partial charge in [0.2, 0.25) is 0 Å². The fraction of sp³-hybridized carbons (Fsp3) is 0.500. The van der Waals surface area contributed by atoms with Crippen LogP contribution in [0, 0.1) is 6.92 Å². The highest BCUT2D eigenvalue weighted by molar-refractivity contribution is 5.96. The molecule has 0 saturated heterocycles. The predicted octanol–water partition coefficient (Wildman–Crippen LogP) is 2.53. The second-order valence-electron chi connectivity index (χ2n) is 5.40. The molecule has 0 bridgehead atoms. The summed E-state index contributed by atoms with van der Waals surface area (Å²) in [7, 11) is 0. The number of carbonyl (C=O) groups excluding carboxylic acids is 1. The molecule has 0 radical (unpaired) electrons. The predicted molar refractivity (Wildman–Crippen MR) is 69.5 cm³/mol. The molecule has 0 aliphatic heterocycles. The van der Waals surface area contributed by atoms with E-state index in [4.69, 9.17) is 5.73 Å². The Morgan fingerprint density at radius 2 is 1.94 bits per heavy atom. The average Bonchev–Trinajstić information content (AvgIpc) is 2.20. The Morgan fingerprint density at radius 1 is 1.35 bits per heavy atom. The lowest BCUT2D eigenvalue weighted by molar-refractivity contribution is 0.0985. The summed E-state index contributed by atoms with van der Waals surface area (Å²) in [5, 5.41) is 10.0. The first-order chi connectivity index (χ1) is 7.77. The van der Waals surface area contributed by atoms with E-state index in [2.05, 4.69) is 0 Å². The molecule has 0 atom stereocenters. The fourth-order valence-electron chi connectivity index (χ4n) is 1.79. The molecule has 3 heteroatoms. The van der Waals surface area contributed by atoms with Gasteiger partial charge in [-0.05, 0) is 36.6 Å². The van der Waals surface area contributed by atoms with Gasteiger partial charge >= 0.3 is 0 Å². The Hall–Kier alpha value is -1.35. The topological polar surface area (TPSA) is 63.3 Å². The minimum atomic E-state index is -0.187. The summed E-state index contributed by atoms with van der Waals surface area (Å²) in [6, 6.07) is 3.50. The average molecular weight is 235 g/mol. The minimum Gasteiger partial charge on any atom is -0.507 e. The van der Waals surface area contributed by atoms with Crippen LogP contribution in [0.4, 0.5) is 0 Å². The molecule has 0 fully saturated rings. The van der Waals surface area contributed by atoms with Crippen molar-refractivity contribution in [3.8, 4) is 5.75 Å². The van der Waals surface area contributed by atoms with Gasteiger partial charge in [0.05, 0.1) is 0 Å². The third kappa shape index (κ3) is 3.07. The van der Waals surface area contributed by atoms with E-state index in [1.54, 1.807) is 12.1 Å². The molecule has 94 valence electrons. The van der Waals surface area contributed by atoms with Gasteiger partial charge in [0, 0.05) is 17.5 Å². The van der Waals surface area contributed by atoms with Gasteiger partial charge in [-0.25, -0.2) is 0 Å². The Morgan fingerprint density at radius 3 is 2.41 bits per heavy atom. The van der Waals surface area contributed by atoms with Crippen molar-refractivity contribution in [1.29, 1.82) is 0 Å². The first kappa shape index (κ1) is 13.7. The summed E-state index contributed by atoms with van der Waals surface area (Å²) >= 11 is 0. The number of hydrogen-bond donors (Lipinski definition) is 2. The fourth-order valence-corrected chi connectivity index (χ4v) is 1.79. The highest BCUT2D eigenvalue weighted by atomic mass is 16.3. The molecule has 17 heavy (non-hydrogen) atoms. The van der Waals surface area contributed by atoms with E-state index in [-0.39, 0.29) is 16.9 Å². The maximum atomic E-state index is 11.8. The van der Waals surface area contributed by atoms with E-state index in [0.29, 0.717) is 18.5 Å². The molecule has 3 N–H and O–H groups in total. The van der Waals surface area contributed by atoms with Crippen molar-refractivity contribution < 1.29 is 9.90 Å². The second-order valence-corrected chi connectivity index (χ2v) is 5.40. The van der Waals surface area contributed by atoms with Crippen LogP contribution >= 0.6 is 0 Å². The minimum absolute atomic E-state index is 0.0288. The van der Waals surface area contributed by atoms with Crippen LogP contribution in [0.25, 0.3) is 0 Å². The maximum absolute atomic E-state index is 11.8. The van der Waals surface area contributed by atoms with Crippen molar-refractivity contribution in [3.63, 3.8) is 0 Å². The molecule has 0 heterocycles. The number of ketones is 1. The SMILES string of the molecule is Cc1cc(C(=O)CCN)cc(C(C)(C)C)c1O. The van der Waals surface area contributed by atoms with Crippen LogP contribution < -0.4 is 5.73 Å². The lowest BCUT2D eigenvalue weighted by atomic mass is 9.83. The number of hydrogen-bond acceptors (Lipinski definition) is 3. The summed E-state index contributed by atoms with van der Waals surface area (Å²) < 4.78 is 0. The van der Waals surface area contributed by atoms with E-state index >= 15 is 0 Å². The molecule has 0 saturated carbocycles. The summed E-state index contributed by atoms with van der Waals surface area (Å²) in [4.78, 5) is 11.8. The first-order valence-corrected chi connectivity index (χ1v) is 5.84. The van der Waals surface area contributed by atoms with Crippen molar-refractivity contribution in [2.24, 2.45) is 5.73 Å². The van der Waals surface area contributed by atoms with Gasteiger partial charge in [-0.1, -0.05) is 20.8 Å². The molecule has 0 spiro atoms. The molecule has 3 nitrogen and oxygen atoms in total. The van der Waals surface area contributed by atoms with E-state index < -0.39 is 0 Å². The molecule has 0 amide bonds. The zero-order valence-electron chi connectivity index (χ0n) is 11.0. The Labute approximate surface area is 103 Å². The van der Waals surface area contributed by atoms with Crippen LogP contribution in [-0.2, 0) is 5.41 Å². The van der Waals surface area contributed by atoms with Gasteiger partial charge in [0.15, 0.2) is 5.78 Å². The smallest absolute Gasteiger partial charge is 0.164 e. The van der Waals surface area contributed by atoms with Crippen molar-refractivity contribution in [1.82, 2.24) is 0 Å². The highest BCUT2D eigenvalue weighted by Crippen LogP contribution is 2.34. The number of phenols is 1. The Balaban J connectivity index is 3.29. The summed E-state index contributed by atoms with van der Waals surface area (Å²) in [6.45, 7) is 8.20. The highest BCUT2D eigenvalue weighted by Gasteiger charge is 2.21. The van der Waals surface area contributed by atoms with Gasteiger partial charge in [-0.15, -0.1) is 0 Å². The van der Waals surface area contributed by atoms with Crippen LogP contribution in [0.3, 0.4) is 0 Å². The third-order valence-electron chi connectivity index (χ3n) is 2.80. The zero-order chi connectivity index (χ0) is 13.2. The first-order valence-electron chi connectivity index (χ1n) is 5.84. The van der Waals surface area contributed by atoms with Crippen molar-refractivity contribution in [3.05, 3.63) is 28.8 Å². The number of aromatic hydroxyl groups is 1. The van der Waals surface area contributed by atoms with Gasteiger partial charge in [-0.3, -0.25) is 4.79 Å². The molecule has 1 aromatic carbocycles. The lowest BCUT2D eigenvalue weighted by Crippen LogP contribution is -2.14. The molecule has 0 aliphatic carbocycles. The van der Waals surface area contributed by atoms with Crippen LogP contribution in [0.5, 0.6) is 5.75 Å². The number of rotatable bonds is 3. The molecule has 0 aromatic heterocycles. The van der Waals surface area contributed by atoms with Crippen molar-refractivity contribution in [2.45, 2.75) is 39.5 Å². The van der Waals surface area contributed by atoms with Crippen LogP contribution in [0.1, 0.15) is 48.7 Å². The molecule has 0 unspecified atom stereocenters. The Kier molecular flexibility index (Phi) is 3.94. The summed E-state index contributed by atoms with van der Waals surface area (Å²) in [5.41, 5.74) is 7.37. The van der Waals surface area contributed by atoms with Crippen molar-refractivity contribution in [2.75, 3.05) is 6.54 Å². The molecular formula is C14H21NO2. The number of benzene rings is 1. The van der Waals surface area contributed by atoms with E-state index in [9.17, 15) is 9.90 Å². The number of phenolic OH excluding ortho intramolecular Hbond substituents is 1. The van der Waals surface area contributed by atoms with Gasteiger partial charge in [0.1, 0.15) is 5.75 Å². The quantitative estimate of drug-likeness (QED) is 0.791. The molecule has 1 aromatic rings. The summed E-state index contributed by atoms with van der Waals surface area (Å²) in [5.74, 6) is 0.308. The normalized spacial score (nSPS) is 11.6. The van der Waals surface area contributed by atoms with Gasteiger partial charge in [-0.2, -0.15) is 0 Å². The number of nitrogens with two attached hydrogens (primary N) is 1. The third-order valence-corrected chi connectivity index (χ3v) is 2.80. The second kappa shape index (κ2) is 4.88. The summed E-state index contributed by atoms with van der Waals surface area (Å²) in [6.07, 6.45) is 0.341. The molecular weight excluding hydrogens is 214 g/mol. The molecule has 1 rings (SSSR count). The van der Waals surface area contributed by atoms with Gasteiger partial charge < -0.3 is 10.8 Å². The van der Waals surface area contributed by atoms with Crippen molar-refractivity contribution >= 4 is 5.78 Å². The zero-order valence-corrected chi connectivity index (χ0v) is 11.0. The largest absolute Gasteiger partial charge is 0.507 e. The monoisotopic (exact) mass is 235 g/mol. The Bertz CT molecular complexity index is 431. The maximum Gasteiger partial charge on any atom is 0.164 e. The van der Waals surface area contributed by atoms with E-state index in [1.165, 1.54) is 0 Å². The standard InChI is InChI=1S/C14H21NO2/c1-9-7-10(12(16)5-6-15)8-11(13(9)17)14(2,3)4/h7-8,17H,5-6,15H2,1-4H3. The number of aryl methyl sites for hydroxylation is 1.